The molecule has 0 spiro atoms. The Morgan fingerprint density at radius 3 is 3.06 bits per heavy atom. The average molecular weight is 237 g/mol. The molecule has 0 amide bonds. The van der Waals surface area contributed by atoms with E-state index < -0.39 is 0 Å². The zero-order valence-corrected chi connectivity index (χ0v) is 9.76. The Morgan fingerprint density at radius 1 is 1.17 bits per heavy atom. The second-order valence-electron chi connectivity index (χ2n) is 4.64. The molecule has 0 unspecified atom stereocenters. The van der Waals surface area contributed by atoms with E-state index in [9.17, 15) is 4.79 Å². The summed E-state index contributed by atoms with van der Waals surface area (Å²) in [5, 5.41) is 0. The van der Waals surface area contributed by atoms with Gasteiger partial charge in [-0.25, -0.2) is 9.97 Å². The number of carbonyl (C=O) groups excluding carboxylic acids is 1. The molecule has 4 nitrogen and oxygen atoms in total. The molecule has 4 heteroatoms. The maximum atomic E-state index is 11.9. The lowest BCUT2D eigenvalue weighted by atomic mass is 9.95. The molecule has 0 fully saturated rings. The number of hydrogen-bond acceptors (Lipinski definition) is 3. The van der Waals surface area contributed by atoms with Crippen LogP contribution in [-0.2, 0) is 6.42 Å². The molecule has 0 radical (unpaired) electrons. The van der Waals surface area contributed by atoms with Crippen molar-refractivity contribution in [3.8, 4) is 0 Å². The molecule has 0 saturated heterocycles. The lowest BCUT2D eigenvalue weighted by Gasteiger charge is -2.12. The first-order valence-corrected chi connectivity index (χ1v) is 6.13. The third-order valence-corrected chi connectivity index (χ3v) is 3.48. The van der Waals surface area contributed by atoms with Crippen molar-refractivity contribution in [3.63, 3.8) is 0 Å². The SMILES string of the molecule is O=C1CCCc2nc3c(cc21)nc1ccccn13. The molecule has 0 saturated carbocycles. The van der Waals surface area contributed by atoms with Crippen LogP contribution in [0.25, 0.3) is 16.8 Å². The van der Waals surface area contributed by atoms with Gasteiger partial charge in [-0.15, -0.1) is 0 Å². The smallest absolute Gasteiger partial charge is 0.164 e. The number of ketones is 1. The van der Waals surface area contributed by atoms with Crippen LogP contribution in [0.4, 0.5) is 0 Å². The predicted molar refractivity (Wildman–Crippen MR) is 67.8 cm³/mol. The van der Waals surface area contributed by atoms with Crippen molar-refractivity contribution in [1.82, 2.24) is 14.4 Å². The highest BCUT2D eigenvalue weighted by molar-refractivity contribution is 6.00. The first-order chi connectivity index (χ1) is 8.83. The summed E-state index contributed by atoms with van der Waals surface area (Å²) >= 11 is 0. The van der Waals surface area contributed by atoms with Crippen molar-refractivity contribution in [3.05, 3.63) is 41.7 Å². The number of rotatable bonds is 0. The van der Waals surface area contributed by atoms with Crippen molar-refractivity contribution in [2.24, 2.45) is 0 Å². The number of carbonyl (C=O) groups is 1. The minimum Gasteiger partial charge on any atom is -0.294 e. The Bertz CT molecular complexity index is 788. The molecule has 3 aromatic rings. The lowest BCUT2D eigenvalue weighted by Crippen LogP contribution is -2.12. The molecule has 3 aromatic heterocycles. The molecule has 18 heavy (non-hydrogen) atoms. The van der Waals surface area contributed by atoms with E-state index in [-0.39, 0.29) is 5.78 Å². The van der Waals surface area contributed by atoms with Gasteiger partial charge in [-0.1, -0.05) is 6.07 Å². The second-order valence-corrected chi connectivity index (χ2v) is 4.64. The summed E-state index contributed by atoms with van der Waals surface area (Å²) in [5.74, 6) is 0.197. The number of pyridine rings is 2. The molecular weight excluding hydrogens is 226 g/mol. The fourth-order valence-corrected chi connectivity index (χ4v) is 2.60. The topological polar surface area (TPSA) is 47.3 Å². The Hall–Kier alpha value is -2.23. The monoisotopic (exact) mass is 237 g/mol. The van der Waals surface area contributed by atoms with Gasteiger partial charge in [-0.3, -0.25) is 9.20 Å². The highest BCUT2D eigenvalue weighted by Gasteiger charge is 2.20. The summed E-state index contributed by atoms with van der Waals surface area (Å²) in [6.45, 7) is 0. The van der Waals surface area contributed by atoms with Crippen LogP contribution in [0.2, 0.25) is 0 Å². The Labute approximate surface area is 103 Å². The number of Topliss-reactive ketones (excluding diaryl/α,β-unsaturated/α-hetero) is 1. The molecule has 4 rings (SSSR count). The third-order valence-electron chi connectivity index (χ3n) is 3.48. The second kappa shape index (κ2) is 3.38. The molecule has 1 aliphatic carbocycles. The number of fused-ring (bicyclic) bond motifs is 4. The molecule has 3 heterocycles. The molecule has 88 valence electrons. The van der Waals surface area contributed by atoms with Gasteiger partial charge in [0.25, 0.3) is 0 Å². The van der Waals surface area contributed by atoms with Crippen LogP contribution in [0.5, 0.6) is 0 Å². The standard InChI is InChI=1S/C14H11N3O/c18-12-5-3-4-10-9(12)8-11-14(16-10)17-7-2-1-6-13(17)15-11/h1-2,6-8H,3-5H2. The number of nitrogens with zero attached hydrogens (tertiary/aromatic N) is 3. The van der Waals surface area contributed by atoms with Crippen LogP contribution in [0.3, 0.4) is 0 Å². The van der Waals surface area contributed by atoms with Crippen LogP contribution in [0, 0.1) is 0 Å². The highest BCUT2D eigenvalue weighted by atomic mass is 16.1. The summed E-state index contributed by atoms with van der Waals surface area (Å²) < 4.78 is 1.97. The van der Waals surface area contributed by atoms with Gasteiger partial charge in [-0.05, 0) is 31.0 Å². The van der Waals surface area contributed by atoms with Crippen molar-refractivity contribution < 1.29 is 4.79 Å². The quantitative estimate of drug-likeness (QED) is 0.603. The zero-order valence-electron chi connectivity index (χ0n) is 9.76. The molecule has 0 bridgehead atoms. The zero-order chi connectivity index (χ0) is 12.1. The van der Waals surface area contributed by atoms with Crippen molar-refractivity contribution in [2.45, 2.75) is 19.3 Å². The minimum absolute atomic E-state index is 0.197. The molecule has 0 atom stereocenters. The van der Waals surface area contributed by atoms with Crippen molar-refractivity contribution in [1.29, 1.82) is 0 Å². The Kier molecular flexibility index (Phi) is 1.84. The Morgan fingerprint density at radius 2 is 2.11 bits per heavy atom. The summed E-state index contributed by atoms with van der Waals surface area (Å²) in [7, 11) is 0. The minimum atomic E-state index is 0.197. The average Bonchev–Trinajstić information content (AvgIpc) is 2.75. The maximum absolute atomic E-state index is 11.9. The van der Waals surface area contributed by atoms with Gasteiger partial charge in [-0.2, -0.15) is 0 Å². The van der Waals surface area contributed by atoms with Crippen molar-refractivity contribution in [2.75, 3.05) is 0 Å². The van der Waals surface area contributed by atoms with Gasteiger partial charge in [0.2, 0.25) is 0 Å². The van der Waals surface area contributed by atoms with Gasteiger partial charge in [0.05, 0.1) is 5.69 Å². The van der Waals surface area contributed by atoms with Gasteiger partial charge in [0, 0.05) is 18.2 Å². The van der Waals surface area contributed by atoms with Crippen LogP contribution in [0.1, 0.15) is 28.9 Å². The summed E-state index contributed by atoms with van der Waals surface area (Å²) in [5.41, 5.74) is 4.20. The predicted octanol–water partition coefficient (Wildman–Crippen LogP) is 2.40. The van der Waals surface area contributed by atoms with E-state index in [2.05, 4.69) is 9.97 Å². The van der Waals surface area contributed by atoms with Crippen LogP contribution >= 0.6 is 0 Å². The van der Waals surface area contributed by atoms with Crippen molar-refractivity contribution >= 4 is 22.6 Å². The van der Waals surface area contributed by atoms with E-state index in [1.807, 2.05) is 34.9 Å². The van der Waals surface area contributed by atoms with Gasteiger partial charge < -0.3 is 0 Å². The van der Waals surface area contributed by atoms with E-state index in [1.54, 1.807) is 0 Å². The lowest BCUT2D eigenvalue weighted by molar-refractivity contribution is 0.0972. The number of hydrogen-bond donors (Lipinski definition) is 0. The fourth-order valence-electron chi connectivity index (χ4n) is 2.60. The fraction of sp³-hybridized carbons (Fsp3) is 0.214. The summed E-state index contributed by atoms with van der Waals surface area (Å²) in [6, 6.07) is 7.75. The Balaban J connectivity index is 2.13. The van der Waals surface area contributed by atoms with Crippen LogP contribution < -0.4 is 0 Å². The molecule has 0 aromatic carbocycles. The van der Waals surface area contributed by atoms with E-state index >= 15 is 0 Å². The number of aryl methyl sites for hydroxylation is 1. The molecule has 0 aliphatic heterocycles. The van der Waals surface area contributed by atoms with Gasteiger partial charge in [0.15, 0.2) is 11.4 Å². The van der Waals surface area contributed by atoms with Crippen LogP contribution in [0.15, 0.2) is 30.5 Å². The largest absolute Gasteiger partial charge is 0.294 e. The van der Waals surface area contributed by atoms with E-state index in [0.717, 1.165) is 40.9 Å². The summed E-state index contributed by atoms with van der Waals surface area (Å²) in [6.07, 6.45) is 4.38. The van der Waals surface area contributed by atoms with E-state index in [4.69, 9.17) is 0 Å². The maximum Gasteiger partial charge on any atom is 0.164 e. The van der Waals surface area contributed by atoms with Gasteiger partial charge in [0.1, 0.15) is 11.2 Å². The first-order valence-electron chi connectivity index (χ1n) is 6.13. The molecule has 0 N–H and O–H groups in total. The van der Waals surface area contributed by atoms with Gasteiger partial charge >= 0.3 is 0 Å². The third kappa shape index (κ3) is 1.23. The van der Waals surface area contributed by atoms with E-state index in [1.165, 1.54) is 0 Å². The number of aromatic nitrogens is 3. The highest BCUT2D eigenvalue weighted by Crippen LogP contribution is 2.24. The number of imidazole rings is 1. The first kappa shape index (κ1) is 9.76. The summed E-state index contributed by atoms with van der Waals surface area (Å²) in [4.78, 5) is 21.0. The molecular formula is C14H11N3O. The van der Waals surface area contributed by atoms with Crippen LogP contribution in [-0.4, -0.2) is 20.2 Å². The van der Waals surface area contributed by atoms with E-state index in [0.29, 0.717) is 6.42 Å². The normalized spacial score (nSPS) is 15.2. The molecule has 1 aliphatic rings.